The lowest BCUT2D eigenvalue weighted by Crippen LogP contribution is -2.12. The molecule has 0 fully saturated rings. The first-order chi connectivity index (χ1) is 11.2. The summed E-state index contributed by atoms with van der Waals surface area (Å²) >= 11 is 0. The number of hydrogen-bond donors (Lipinski definition) is 1. The van der Waals surface area contributed by atoms with Crippen molar-refractivity contribution < 1.29 is 14.3 Å². The van der Waals surface area contributed by atoms with E-state index in [-0.39, 0.29) is 12.4 Å². The molecule has 3 rings (SSSR count). The van der Waals surface area contributed by atoms with E-state index >= 15 is 0 Å². The number of benzene rings is 3. The Balaban J connectivity index is 1.87. The third-order valence-electron chi connectivity index (χ3n) is 3.63. The number of hydrogen-bond acceptors (Lipinski definition) is 4. The fourth-order valence-corrected chi connectivity index (χ4v) is 2.52. The van der Waals surface area contributed by atoms with Crippen molar-refractivity contribution in [2.45, 2.75) is 0 Å². The highest BCUT2D eigenvalue weighted by Crippen LogP contribution is 2.28. The topological polar surface area (TPSA) is 61.5 Å². The molecule has 0 aliphatic rings. The second kappa shape index (κ2) is 6.40. The molecular formula is C19H17NO3. The van der Waals surface area contributed by atoms with Crippen molar-refractivity contribution in [3.05, 3.63) is 66.2 Å². The van der Waals surface area contributed by atoms with Crippen molar-refractivity contribution in [3.63, 3.8) is 0 Å². The van der Waals surface area contributed by atoms with Gasteiger partial charge in [-0.15, -0.1) is 0 Å². The summed E-state index contributed by atoms with van der Waals surface area (Å²) in [6.07, 6.45) is 0. The number of rotatable bonds is 5. The molecule has 2 N–H and O–H groups in total. The molecule has 0 saturated heterocycles. The van der Waals surface area contributed by atoms with Gasteiger partial charge in [-0.1, -0.05) is 30.3 Å². The van der Waals surface area contributed by atoms with E-state index in [4.69, 9.17) is 15.2 Å². The Morgan fingerprint density at radius 3 is 2.52 bits per heavy atom. The Morgan fingerprint density at radius 1 is 1.00 bits per heavy atom. The molecule has 0 radical (unpaired) electrons. The molecule has 0 bridgehead atoms. The number of carbonyl (C=O) groups excluding carboxylic acids is 1. The predicted molar refractivity (Wildman–Crippen MR) is 91.2 cm³/mol. The van der Waals surface area contributed by atoms with Gasteiger partial charge in [0.1, 0.15) is 11.5 Å². The van der Waals surface area contributed by atoms with Gasteiger partial charge in [-0.25, -0.2) is 0 Å². The van der Waals surface area contributed by atoms with Crippen molar-refractivity contribution in [2.75, 3.05) is 19.5 Å². The maximum atomic E-state index is 12.5. The minimum Gasteiger partial charge on any atom is -0.496 e. The Hall–Kier alpha value is -3.01. The summed E-state index contributed by atoms with van der Waals surface area (Å²) in [5.74, 6) is 1.23. The van der Waals surface area contributed by atoms with Gasteiger partial charge in [-0.2, -0.15) is 0 Å². The van der Waals surface area contributed by atoms with Crippen LogP contribution in [0, 0.1) is 0 Å². The van der Waals surface area contributed by atoms with E-state index < -0.39 is 0 Å². The molecule has 0 aliphatic carbocycles. The molecule has 0 amide bonds. The second-order valence-electron chi connectivity index (χ2n) is 5.15. The molecule has 3 aromatic carbocycles. The molecule has 3 aromatic rings. The first-order valence-corrected chi connectivity index (χ1v) is 7.26. The standard InChI is InChI=1S/C19H17NO3/c1-22-19-10-9-16(15-7-2-3-8-17(15)19)18(21)12-23-14-6-4-5-13(20)11-14/h2-11H,12,20H2,1H3. The Bertz CT molecular complexity index is 858. The Morgan fingerprint density at radius 2 is 1.78 bits per heavy atom. The lowest BCUT2D eigenvalue weighted by atomic mass is 10.0. The third kappa shape index (κ3) is 3.11. The first kappa shape index (κ1) is 14.9. The van der Waals surface area contributed by atoms with E-state index in [1.54, 1.807) is 43.5 Å². The number of anilines is 1. The van der Waals surface area contributed by atoms with E-state index in [1.807, 2.05) is 24.3 Å². The number of nitrogens with two attached hydrogens (primary N) is 1. The van der Waals surface area contributed by atoms with Crippen molar-refractivity contribution in [1.29, 1.82) is 0 Å². The summed E-state index contributed by atoms with van der Waals surface area (Å²) in [5, 5.41) is 1.76. The number of ether oxygens (including phenoxy) is 2. The van der Waals surface area contributed by atoms with Gasteiger partial charge in [-0.05, 0) is 29.7 Å². The lowest BCUT2D eigenvalue weighted by Gasteiger charge is -2.11. The van der Waals surface area contributed by atoms with Gasteiger partial charge < -0.3 is 15.2 Å². The summed E-state index contributed by atoms with van der Waals surface area (Å²) in [4.78, 5) is 12.5. The smallest absolute Gasteiger partial charge is 0.200 e. The largest absolute Gasteiger partial charge is 0.496 e. The average Bonchev–Trinajstić information content (AvgIpc) is 2.58. The van der Waals surface area contributed by atoms with Gasteiger partial charge in [0.15, 0.2) is 6.61 Å². The van der Waals surface area contributed by atoms with Gasteiger partial charge >= 0.3 is 0 Å². The van der Waals surface area contributed by atoms with Gasteiger partial charge in [0.2, 0.25) is 5.78 Å². The molecular weight excluding hydrogens is 290 g/mol. The molecule has 116 valence electrons. The number of methoxy groups -OCH3 is 1. The fraction of sp³-hybridized carbons (Fsp3) is 0.105. The number of fused-ring (bicyclic) bond motifs is 1. The predicted octanol–water partition coefficient (Wildman–Crippen LogP) is 3.69. The van der Waals surface area contributed by atoms with Gasteiger partial charge in [0, 0.05) is 22.7 Å². The molecule has 0 aliphatic heterocycles. The molecule has 0 heterocycles. The van der Waals surface area contributed by atoms with Crippen LogP contribution >= 0.6 is 0 Å². The second-order valence-corrected chi connectivity index (χ2v) is 5.15. The molecule has 0 saturated carbocycles. The molecule has 23 heavy (non-hydrogen) atoms. The SMILES string of the molecule is COc1ccc(C(=O)COc2cccc(N)c2)c2ccccc12. The van der Waals surface area contributed by atoms with E-state index in [9.17, 15) is 4.79 Å². The number of ketones is 1. The zero-order valence-corrected chi connectivity index (χ0v) is 12.8. The monoisotopic (exact) mass is 307 g/mol. The van der Waals surface area contributed by atoms with E-state index in [1.165, 1.54) is 0 Å². The van der Waals surface area contributed by atoms with Crippen LogP contribution in [0.4, 0.5) is 5.69 Å². The third-order valence-corrected chi connectivity index (χ3v) is 3.63. The van der Waals surface area contributed by atoms with Crippen molar-refractivity contribution in [1.82, 2.24) is 0 Å². The normalized spacial score (nSPS) is 10.5. The summed E-state index contributed by atoms with van der Waals surface area (Å²) in [7, 11) is 1.62. The fourth-order valence-electron chi connectivity index (χ4n) is 2.52. The highest BCUT2D eigenvalue weighted by molar-refractivity contribution is 6.10. The van der Waals surface area contributed by atoms with Gasteiger partial charge in [0.25, 0.3) is 0 Å². The van der Waals surface area contributed by atoms with Gasteiger partial charge in [0.05, 0.1) is 7.11 Å². The van der Waals surface area contributed by atoms with Crippen LogP contribution in [0.5, 0.6) is 11.5 Å². The lowest BCUT2D eigenvalue weighted by molar-refractivity contribution is 0.0923. The summed E-state index contributed by atoms with van der Waals surface area (Å²) in [5.41, 5.74) is 6.92. The van der Waals surface area contributed by atoms with Crippen LogP contribution in [0.15, 0.2) is 60.7 Å². The van der Waals surface area contributed by atoms with Crippen LogP contribution in [-0.2, 0) is 0 Å². The van der Waals surface area contributed by atoms with Crippen LogP contribution in [0.1, 0.15) is 10.4 Å². The van der Waals surface area contributed by atoms with Crippen molar-refractivity contribution in [2.24, 2.45) is 0 Å². The molecule has 0 unspecified atom stereocenters. The minimum atomic E-state index is -0.0914. The van der Waals surface area contributed by atoms with Crippen LogP contribution in [-0.4, -0.2) is 19.5 Å². The molecule has 0 aromatic heterocycles. The highest BCUT2D eigenvalue weighted by Gasteiger charge is 2.13. The Kier molecular flexibility index (Phi) is 4.15. The first-order valence-electron chi connectivity index (χ1n) is 7.26. The average molecular weight is 307 g/mol. The van der Waals surface area contributed by atoms with Gasteiger partial charge in [-0.3, -0.25) is 4.79 Å². The number of carbonyl (C=O) groups is 1. The molecule has 0 atom stereocenters. The Labute approximate surface area is 134 Å². The summed E-state index contributed by atoms with van der Waals surface area (Å²) in [6, 6.07) is 18.3. The van der Waals surface area contributed by atoms with Crippen LogP contribution in [0.3, 0.4) is 0 Å². The molecule has 0 spiro atoms. The summed E-state index contributed by atoms with van der Waals surface area (Å²) < 4.78 is 10.9. The number of Topliss-reactive ketones (excluding diaryl/α,β-unsaturated/α-hetero) is 1. The van der Waals surface area contributed by atoms with E-state index in [0.29, 0.717) is 17.0 Å². The van der Waals surface area contributed by atoms with Crippen molar-refractivity contribution in [3.8, 4) is 11.5 Å². The highest BCUT2D eigenvalue weighted by atomic mass is 16.5. The summed E-state index contributed by atoms with van der Waals surface area (Å²) in [6.45, 7) is -0.0419. The zero-order valence-electron chi connectivity index (χ0n) is 12.8. The zero-order chi connectivity index (χ0) is 16.2. The maximum Gasteiger partial charge on any atom is 0.200 e. The van der Waals surface area contributed by atoms with E-state index in [0.717, 1.165) is 16.5 Å². The number of nitrogen functional groups attached to an aromatic ring is 1. The molecule has 4 nitrogen and oxygen atoms in total. The van der Waals surface area contributed by atoms with E-state index in [2.05, 4.69) is 0 Å². The molecule has 4 heteroatoms. The van der Waals surface area contributed by atoms with Crippen LogP contribution in [0.25, 0.3) is 10.8 Å². The van der Waals surface area contributed by atoms with Crippen LogP contribution in [0.2, 0.25) is 0 Å². The maximum absolute atomic E-state index is 12.5. The minimum absolute atomic E-state index is 0.0419. The quantitative estimate of drug-likeness (QED) is 0.577. The van der Waals surface area contributed by atoms with Crippen LogP contribution < -0.4 is 15.2 Å². The van der Waals surface area contributed by atoms with Crippen molar-refractivity contribution >= 4 is 22.2 Å².